The fourth-order valence-corrected chi connectivity index (χ4v) is 2.99. The Labute approximate surface area is 172 Å². The molecule has 0 unspecified atom stereocenters. The summed E-state index contributed by atoms with van der Waals surface area (Å²) in [5, 5.41) is 5.63. The first kappa shape index (κ1) is 22.7. The Kier molecular flexibility index (Phi) is 8.01. The fourth-order valence-electron chi connectivity index (χ4n) is 2.99. The largest absolute Gasteiger partial charge is 0.444 e. The predicted molar refractivity (Wildman–Crippen MR) is 112 cm³/mol. The van der Waals surface area contributed by atoms with Crippen LogP contribution in [0.1, 0.15) is 33.3 Å². The summed E-state index contributed by atoms with van der Waals surface area (Å²) in [5.41, 5.74) is 1.12. The molecule has 0 spiro atoms. The number of carbonyl (C=O) groups is 3. The van der Waals surface area contributed by atoms with Crippen LogP contribution in [-0.2, 0) is 20.7 Å². The number of carbonyl (C=O) groups excluding carboxylic acids is 3. The summed E-state index contributed by atoms with van der Waals surface area (Å²) in [6, 6.07) is 7.24. The van der Waals surface area contributed by atoms with E-state index in [2.05, 4.69) is 15.5 Å². The van der Waals surface area contributed by atoms with Crippen molar-refractivity contribution in [3.63, 3.8) is 0 Å². The molecule has 0 aliphatic carbocycles. The molecular weight excluding hydrogens is 372 g/mol. The van der Waals surface area contributed by atoms with E-state index in [4.69, 9.17) is 4.74 Å². The summed E-state index contributed by atoms with van der Waals surface area (Å²) in [6.07, 6.45) is 0.0298. The highest BCUT2D eigenvalue weighted by molar-refractivity contribution is 5.88. The minimum Gasteiger partial charge on any atom is -0.444 e. The highest BCUT2D eigenvalue weighted by Gasteiger charge is 2.25. The number of hydrogen-bond acceptors (Lipinski definition) is 5. The summed E-state index contributed by atoms with van der Waals surface area (Å²) in [7, 11) is 0. The van der Waals surface area contributed by atoms with E-state index in [0.29, 0.717) is 31.7 Å². The molecule has 1 aliphatic heterocycles. The second kappa shape index (κ2) is 10.2. The first-order valence-electron chi connectivity index (χ1n) is 9.96. The van der Waals surface area contributed by atoms with Crippen molar-refractivity contribution in [3.05, 3.63) is 29.8 Å². The van der Waals surface area contributed by atoms with Gasteiger partial charge in [0, 0.05) is 51.9 Å². The van der Waals surface area contributed by atoms with Crippen molar-refractivity contribution in [1.82, 2.24) is 15.1 Å². The van der Waals surface area contributed by atoms with Crippen LogP contribution in [0.3, 0.4) is 0 Å². The van der Waals surface area contributed by atoms with Crippen molar-refractivity contribution in [2.75, 3.05) is 44.6 Å². The van der Waals surface area contributed by atoms with E-state index in [-0.39, 0.29) is 17.9 Å². The van der Waals surface area contributed by atoms with E-state index in [1.807, 2.05) is 32.9 Å². The Bertz CT molecular complexity index is 704. The van der Waals surface area contributed by atoms with Gasteiger partial charge in [0.15, 0.2) is 0 Å². The first-order chi connectivity index (χ1) is 13.6. The molecule has 1 saturated heterocycles. The molecule has 2 N–H and O–H groups in total. The molecule has 0 bridgehead atoms. The van der Waals surface area contributed by atoms with Crippen LogP contribution >= 0.6 is 0 Å². The van der Waals surface area contributed by atoms with E-state index in [1.165, 1.54) is 6.92 Å². The van der Waals surface area contributed by atoms with Gasteiger partial charge in [0.25, 0.3) is 0 Å². The minimum absolute atomic E-state index is 0.0373. The Morgan fingerprint density at radius 3 is 2.21 bits per heavy atom. The number of rotatable bonds is 6. The van der Waals surface area contributed by atoms with Gasteiger partial charge in [-0.2, -0.15) is 0 Å². The SMILES string of the molecule is CC(=O)Nc1ccc(CC(=O)NCCN2CCN(C(=O)OC(C)(C)C)CC2)cc1. The second-order valence-corrected chi connectivity index (χ2v) is 8.21. The summed E-state index contributed by atoms with van der Waals surface area (Å²) in [6.45, 7) is 11.1. The summed E-state index contributed by atoms with van der Waals surface area (Å²) in [5.74, 6) is -0.160. The van der Waals surface area contributed by atoms with Gasteiger partial charge < -0.3 is 20.3 Å². The van der Waals surface area contributed by atoms with Crippen LogP contribution < -0.4 is 10.6 Å². The number of benzene rings is 1. The van der Waals surface area contributed by atoms with Crippen LogP contribution in [0.15, 0.2) is 24.3 Å². The van der Waals surface area contributed by atoms with Crippen molar-refractivity contribution in [2.24, 2.45) is 0 Å². The van der Waals surface area contributed by atoms with Crippen LogP contribution in [0.5, 0.6) is 0 Å². The molecule has 1 aliphatic rings. The Hall–Kier alpha value is -2.61. The van der Waals surface area contributed by atoms with Crippen LogP contribution in [-0.4, -0.2) is 72.6 Å². The quantitative estimate of drug-likeness (QED) is 0.755. The van der Waals surface area contributed by atoms with Gasteiger partial charge >= 0.3 is 6.09 Å². The van der Waals surface area contributed by atoms with E-state index in [1.54, 1.807) is 17.0 Å². The van der Waals surface area contributed by atoms with Gasteiger partial charge in [-0.05, 0) is 38.5 Å². The van der Waals surface area contributed by atoms with Crippen LogP contribution in [0.25, 0.3) is 0 Å². The highest BCUT2D eigenvalue weighted by atomic mass is 16.6. The Morgan fingerprint density at radius 2 is 1.66 bits per heavy atom. The highest BCUT2D eigenvalue weighted by Crippen LogP contribution is 2.12. The summed E-state index contributed by atoms with van der Waals surface area (Å²) < 4.78 is 5.40. The zero-order valence-corrected chi connectivity index (χ0v) is 17.8. The lowest BCUT2D eigenvalue weighted by Crippen LogP contribution is -2.51. The number of amides is 3. The van der Waals surface area contributed by atoms with Crippen molar-refractivity contribution in [3.8, 4) is 0 Å². The van der Waals surface area contributed by atoms with Gasteiger partial charge in [-0.1, -0.05) is 12.1 Å². The maximum Gasteiger partial charge on any atom is 0.410 e. The van der Waals surface area contributed by atoms with Crippen molar-refractivity contribution in [2.45, 2.75) is 39.7 Å². The summed E-state index contributed by atoms with van der Waals surface area (Å²) >= 11 is 0. The zero-order valence-electron chi connectivity index (χ0n) is 17.8. The molecule has 1 fully saturated rings. The molecule has 8 heteroatoms. The normalized spacial score (nSPS) is 15.0. The maximum absolute atomic E-state index is 12.1. The van der Waals surface area contributed by atoms with Crippen molar-refractivity contribution < 1.29 is 19.1 Å². The molecule has 0 atom stereocenters. The molecule has 8 nitrogen and oxygen atoms in total. The number of piperazine rings is 1. The number of anilines is 1. The number of ether oxygens (including phenoxy) is 1. The molecule has 1 heterocycles. The molecule has 29 heavy (non-hydrogen) atoms. The van der Waals surface area contributed by atoms with E-state index < -0.39 is 5.60 Å². The lowest BCUT2D eigenvalue weighted by atomic mass is 10.1. The topological polar surface area (TPSA) is 91.0 Å². The molecule has 2 rings (SSSR count). The molecule has 0 radical (unpaired) electrons. The van der Waals surface area contributed by atoms with Crippen LogP contribution in [0.2, 0.25) is 0 Å². The van der Waals surface area contributed by atoms with Crippen LogP contribution in [0.4, 0.5) is 10.5 Å². The van der Waals surface area contributed by atoms with E-state index in [0.717, 1.165) is 25.2 Å². The van der Waals surface area contributed by atoms with Crippen molar-refractivity contribution >= 4 is 23.6 Å². The Balaban J connectivity index is 1.64. The van der Waals surface area contributed by atoms with Gasteiger partial charge in [0.05, 0.1) is 6.42 Å². The van der Waals surface area contributed by atoms with Gasteiger partial charge in [-0.25, -0.2) is 4.79 Å². The molecule has 1 aromatic carbocycles. The molecule has 1 aromatic rings. The third kappa shape index (κ3) is 8.51. The predicted octanol–water partition coefficient (Wildman–Crippen LogP) is 1.86. The van der Waals surface area contributed by atoms with Gasteiger partial charge in [0.2, 0.25) is 11.8 Å². The van der Waals surface area contributed by atoms with Crippen LogP contribution in [0, 0.1) is 0 Å². The smallest absolute Gasteiger partial charge is 0.410 e. The van der Waals surface area contributed by atoms with Crippen molar-refractivity contribution in [1.29, 1.82) is 0 Å². The number of nitrogens with one attached hydrogen (secondary N) is 2. The summed E-state index contributed by atoms with van der Waals surface area (Å²) in [4.78, 5) is 39.2. The monoisotopic (exact) mass is 404 g/mol. The number of hydrogen-bond donors (Lipinski definition) is 2. The molecule has 3 amide bonds. The zero-order chi connectivity index (χ0) is 21.4. The fraction of sp³-hybridized carbons (Fsp3) is 0.571. The standard InChI is InChI=1S/C21H32N4O4/c1-16(26)23-18-7-5-17(6-8-18)15-19(27)22-9-10-24-11-13-25(14-12-24)20(28)29-21(2,3)4/h5-8H,9-15H2,1-4H3,(H,22,27)(H,23,26). The third-order valence-electron chi connectivity index (χ3n) is 4.41. The first-order valence-corrected chi connectivity index (χ1v) is 9.96. The average molecular weight is 405 g/mol. The van der Waals surface area contributed by atoms with E-state index >= 15 is 0 Å². The van der Waals surface area contributed by atoms with E-state index in [9.17, 15) is 14.4 Å². The maximum atomic E-state index is 12.1. The molecule has 160 valence electrons. The number of nitrogens with zero attached hydrogens (tertiary/aromatic N) is 2. The Morgan fingerprint density at radius 1 is 1.03 bits per heavy atom. The minimum atomic E-state index is -0.483. The molecular formula is C21H32N4O4. The average Bonchev–Trinajstić information content (AvgIpc) is 2.62. The van der Waals surface area contributed by atoms with Gasteiger partial charge in [0.1, 0.15) is 5.60 Å². The lowest BCUT2D eigenvalue weighted by molar-refractivity contribution is -0.120. The molecule has 0 aromatic heterocycles. The lowest BCUT2D eigenvalue weighted by Gasteiger charge is -2.35. The van der Waals surface area contributed by atoms with Gasteiger partial charge in [-0.15, -0.1) is 0 Å². The molecule has 0 saturated carbocycles. The van der Waals surface area contributed by atoms with Gasteiger partial charge in [-0.3, -0.25) is 14.5 Å². The third-order valence-corrected chi connectivity index (χ3v) is 4.41. The second-order valence-electron chi connectivity index (χ2n) is 8.21.